The molecule has 0 aliphatic heterocycles. The van der Waals surface area contributed by atoms with Crippen molar-refractivity contribution in [3.8, 4) is 5.75 Å². The SMILES string of the molecule is CCOC(=O)c1[nH]c(C)c(S(=O)(=O)Nc2ccc(OC(F)(F)F)cc2)c1C. The molecule has 1 aromatic carbocycles. The van der Waals surface area contributed by atoms with Gasteiger partial charge in [0.25, 0.3) is 10.0 Å². The van der Waals surface area contributed by atoms with Crippen LogP contribution in [0.2, 0.25) is 0 Å². The summed E-state index contributed by atoms with van der Waals surface area (Å²) in [5.74, 6) is -1.17. The number of ether oxygens (including phenoxy) is 2. The summed E-state index contributed by atoms with van der Waals surface area (Å²) in [5, 5.41) is 0. The highest BCUT2D eigenvalue weighted by Crippen LogP contribution is 2.28. The van der Waals surface area contributed by atoms with Crippen molar-refractivity contribution in [2.75, 3.05) is 11.3 Å². The van der Waals surface area contributed by atoms with Gasteiger partial charge in [0.1, 0.15) is 16.3 Å². The van der Waals surface area contributed by atoms with Gasteiger partial charge in [0.15, 0.2) is 0 Å². The van der Waals surface area contributed by atoms with E-state index in [9.17, 15) is 26.4 Å². The molecule has 2 rings (SSSR count). The first-order valence-corrected chi connectivity index (χ1v) is 9.18. The Kier molecular flexibility index (Phi) is 5.73. The summed E-state index contributed by atoms with van der Waals surface area (Å²) in [6.07, 6.45) is -4.84. The Bertz CT molecular complexity index is 934. The van der Waals surface area contributed by atoms with Gasteiger partial charge in [0.2, 0.25) is 0 Å². The fraction of sp³-hybridized carbons (Fsp3) is 0.312. The van der Waals surface area contributed by atoms with Crippen molar-refractivity contribution in [3.63, 3.8) is 0 Å². The smallest absolute Gasteiger partial charge is 0.461 e. The van der Waals surface area contributed by atoms with Crippen molar-refractivity contribution in [2.24, 2.45) is 0 Å². The normalized spacial score (nSPS) is 11.9. The van der Waals surface area contributed by atoms with Crippen molar-refractivity contribution >= 4 is 21.7 Å². The molecule has 0 saturated carbocycles. The molecule has 7 nitrogen and oxygen atoms in total. The van der Waals surface area contributed by atoms with Gasteiger partial charge in [-0.15, -0.1) is 13.2 Å². The van der Waals surface area contributed by atoms with E-state index in [-0.39, 0.29) is 34.1 Å². The number of esters is 1. The van der Waals surface area contributed by atoms with E-state index in [1.54, 1.807) is 6.92 Å². The molecule has 0 saturated heterocycles. The van der Waals surface area contributed by atoms with E-state index < -0.39 is 28.1 Å². The van der Waals surface area contributed by atoms with Crippen LogP contribution >= 0.6 is 0 Å². The summed E-state index contributed by atoms with van der Waals surface area (Å²) >= 11 is 0. The molecule has 0 unspecified atom stereocenters. The van der Waals surface area contributed by atoms with Crippen LogP contribution in [0, 0.1) is 13.8 Å². The van der Waals surface area contributed by atoms with E-state index in [0.717, 1.165) is 24.3 Å². The lowest BCUT2D eigenvalue weighted by Crippen LogP contribution is -2.17. The molecule has 0 radical (unpaired) electrons. The average Bonchev–Trinajstić information content (AvgIpc) is 2.83. The topological polar surface area (TPSA) is 97.5 Å². The van der Waals surface area contributed by atoms with Crippen LogP contribution in [0.3, 0.4) is 0 Å². The third-order valence-corrected chi connectivity index (χ3v) is 5.11. The molecule has 27 heavy (non-hydrogen) atoms. The molecule has 2 N–H and O–H groups in total. The lowest BCUT2D eigenvalue weighted by atomic mass is 10.2. The zero-order chi connectivity index (χ0) is 20.4. The van der Waals surface area contributed by atoms with Gasteiger partial charge in [-0.3, -0.25) is 4.72 Å². The van der Waals surface area contributed by atoms with Crippen molar-refractivity contribution in [3.05, 3.63) is 41.2 Å². The molecule has 0 aliphatic rings. The summed E-state index contributed by atoms with van der Waals surface area (Å²) < 4.78 is 72.7. The summed E-state index contributed by atoms with van der Waals surface area (Å²) in [4.78, 5) is 14.4. The third kappa shape index (κ3) is 4.94. The predicted molar refractivity (Wildman–Crippen MR) is 90.2 cm³/mol. The van der Waals surface area contributed by atoms with Gasteiger partial charge in [-0.25, -0.2) is 13.2 Å². The molecular formula is C16H17F3N2O5S. The maximum atomic E-state index is 12.7. The number of aromatic nitrogens is 1. The molecule has 0 atom stereocenters. The second-order valence-corrected chi connectivity index (χ2v) is 7.10. The molecule has 0 bridgehead atoms. The summed E-state index contributed by atoms with van der Waals surface area (Å²) in [6.45, 7) is 4.67. The minimum atomic E-state index is -4.84. The van der Waals surface area contributed by atoms with Crippen LogP contribution in [-0.4, -0.2) is 32.3 Å². The van der Waals surface area contributed by atoms with Crippen LogP contribution in [0.1, 0.15) is 28.7 Å². The van der Waals surface area contributed by atoms with Gasteiger partial charge in [0, 0.05) is 16.9 Å². The van der Waals surface area contributed by atoms with Crippen molar-refractivity contribution < 1.29 is 35.9 Å². The molecule has 0 spiro atoms. The highest BCUT2D eigenvalue weighted by Gasteiger charge is 2.31. The number of benzene rings is 1. The maximum absolute atomic E-state index is 12.7. The standard InChI is InChI=1S/C16H17F3N2O5S/c1-4-25-15(22)13-9(2)14(10(3)20-13)27(23,24)21-11-5-7-12(8-6-11)26-16(17,18)19/h5-8,20-21H,4H2,1-3H3. The highest BCUT2D eigenvalue weighted by molar-refractivity contribution is 7.92. The van der Waals surface area contributed by atoms with Crippen LogP contribution in [0.15, 0.2) is 29.2 Å². The number of H-pyrrole nitrogens is 1. The fourth-order valence-corrected chi connectivity index (χ4v) is 3.98. The number of carbonyl (C=O) groups is 1. The van der Waals surface area contributed by atoms with Gasteiger partial charge in [-0.2, -0.15) is 0 Å². The van der Waals surface area contributed by atoms with Gasteiger partial charge < -0.3 is 14.5 Å². The maximum Gasteiger partial charge on any atom is 0.573 e. The quantitative estimate of drug-likeness (QED) is 0.716. The van der Waals surface area contributed by atoms with Crippen molar-refractivity contribution in [2.45, 2.75) is 32.0 Å². The number of aryl methyl sites for hydroxylation is 1. The van der Waals surface area contributed by atoms with E-state index in [1.807, 2.05) is 0 Å². The predicted octanol–water partition coefficient (Wildman–Crippen LogP) is 3.51. The van der Waals surface area contributed by atoms with E-state index >= 15 is 0 Å². The summed E-state index contributed by atoms with van der Waals surface area (Å²) in [6, 6.07) is 4.21. The van der Waals surface area contributed by atoms with E-state index in [2.05, 4.69) is 14.4 Å². The third-order valence-electron chi connectivity index (χ3n) is 3.46. The number of hydrogen-bond donors (Lipinski definition) is 2. The minimum absolute atomic E-state index is 0.0173. The highest BCUT2D eigenvalue weighted by atomic mass is 32.2. The number of hydrogen-bond acceptors (Lipinski definition) is 5. The number of aromatic amines is 1. The molecule has 0 aliphatic carbocycles. The van der Waals surface area contributed by atoms with Crippen LogP contribution in [0.25, 0.3) is 0 Å². The Morgan fingerprint density at radius 3 is 2.30 bits per heavy atom. The van der Waals surface area contributed by atoms with Crippen molar-refractivity contribution in [1.29, 1.82) is 0 Å². The first-order chi connectivity index (χ1) is 12.4. The second-order valence-electron chi connectivity index (χ2n) is 5.48. The second kappa shape index (κ2) is 7.51. The van der Waals surface area contributed by atoms with Crippen LogP contribution in [0.5, 0.6) is 5.75 Å². The Morgan fingerprint density at radius 2 is 1.78 bits per heavy atom. The summed E-state index contributed by atoms with van der Waals surface area (Å²) in [5.41, 5.74) is 0.446. The number of alkyl halides is 3. The Balaban J connectivity index is 2.28. The lowest BCUT2D eigenvalue weighted by molar-refractivity contribution is -0.274. The number of rotatable bonds is 6. The largest absolute Gasteiger partial charge is 0.573 e. The Hall–Kier alpha value is -2.69. The van der Waals surface area contributed by atoms with Crippen LogP contribution in [0.4, 0.5) is 18.9 Å². The fourth-order valence-electron chi connectivity index (χ4n) is 2.47. The molecule has 1 heterocycles. The van der Waals surface area contributed by atoms with E-state index in [0.29, 0.717) is 0 Å². The number of halogens is 3. The van der Waals surface area contributed by atoms with Gasteiger partial charge in [-0.05, 0) is 45.0 Å². The first kappa shape index (κ1) is 20.6. The monoisotopic (exact) mass is 406 g/mol. The molecule has 0 fully saturated rings. The van der Waals surface area contributed by atoms with Gasteiger partial charge in [0.05, 0.1) is 6.61 Å². The molecular weight excluding hydrogens is 389 g/mol. The Morgan fingerprint density at radius 1 is 1.19 bits per heavy atom. The van der Waals surface area contributed by atoms with Gasteiger partial charge in [-0.1, -0.05) is 0 Å². The average molecular weight is 406 g/mol. The van der Waals surface area contributed by atoms with E-state index in [4.69, 9.17) is 4.74 Å². The zero-order valence-electron chi connectivity index (χ0n) is 14.6. The summed E-state index contributed by atoms with van der Waals surface area (Å²) in [7, 11) is -4.10. The van der Waals surface area contributed by atoms with Crippen LogP contribution in [-0.2, 0) is 14.8 Å². The van der Waals surface area contributed by atoms with Crippen LogP contribution < -0.4 is 9.46 Å². The zero-order valence-corrected chi connectivity index (χ0v) is 15.4. The molecule has 148 valence electrons. The number of sulfonamides is 1. The number of anilines is 1. The van der Waals surface area contributed by atoms with Gasteiger partial charge >= 0.3 is 12.3 Å². The first-order valence-electron chi connectivity index (χ1n) is 7.69. The number of carbonyl (C=O) groups excluding carboxylic acids is 1. The lowest BCUT2D eigenvalue weighted by Gasteiger charge is -2.11. The molecule has 0 amide bonds. The Labute approximate surface area is 153 Å². The number of nitrogens with one attached hydrogen (secondary N) is 2. The van der Waals surface area contributed by atoms with E-state index in [1.165, 1.54) is 13.8 Å². The molecule has 1 aromatic heterocycles. The molecule has 2 aromatic rings. The molecule has 11 heteroatoms. The minimum Gasteiger partial charge on any atom is -0.461 e. The van der Waals surface area contributed by atoms with Crippen molar-refractivity contribution in [1.82, 2.24) is 4.98 Å².